The van der Waals surface area contributed by atoms with Crippen LogP contribution in [0.5, 0.6) is 0 Å². The molecule has 1 rings (SSSR count). The Balaban J connectivity index is 3.00. The first kappa shape index (κ1) is 14.4. The zero-order valence-corrected chi connectivity index (χ0v) is 12.8. The summed E-state index contributed by atoms with van der Waals surface area (Å²) >= 11 is 3.47. The molecule has 1 aromatic rings. The maximum atomic E-state index is 4.66. The lowest BCUT2D eigenvalue weighted by molar-refractivity contribution is 0.711. The molecule has 4 heteroatoms. The summed E-state index contributed by atoms with van der Waals surface area (Å²) in [5, 5.41) is 0. The van der Waals surface area contributed by atoms with Gasteiger partial charge in [0, 0.05) is 25.1 Å². The van der Waals surface area contributed by atoms with Gasteiger partial charge in [0.25, 0.3) is 0 Å². The average Bonchev–Trinajstić information content (AvgIpc) is 2.28. The second-order valence-corrected chi connectivity index (χ2v) is 5.36. The van der Waals surface area contributed by atoms with Gasteiger partial charge >= 0.3 is 0 Å². The first-order chi connectivity index (χ1) is 8.08. The predicted octanol–water partition coefficient (Wildman–Crippen LogP) is 3.99. The van der Waals surface area contributed by atoms with E-state index in [2.05, 4.69) is 58.5 Å². The first-order valence-electron chi connectivity index (χ1n) is 6.37. The summed E-state index contributed by atoms with van der Waals surface area (Å²) in [4.78, 5) is 11.4. The van der Waals surface area contributed by atoms with Crippen LogP contribution in [0, 0.1) is 0 Å². The number of anilines is 1. The van der Waals surface area contributed by atoms with E-state index in [1.807, 2.05) is 6.07 Å². The Bertz CT molecular complexity index is 347. The highest BCUT2D eigenvalue weighted by Crippen LogP contribution is 2.20. The van der Waals surface area contributed by atoms with E-state index in [1.165, 1.54) is 0 Å². The van der Waals surface area contributed by atoms with Gasteiger partial charge in [-0.2, -0.15) is 0 Å². The van der Waals surface area contributed by atoms with Gasteiger partial charge in [-0.25, -0.2) is 9.97 Å². The minimum atomic E-state index is 0.358. The molecule has 0 aliphatic heterocycles. The Morgan fingerprint density at radius 2 is 1.76 bits per heavy atom. The third-order valence-electron chi connectivity index (χ3n) is 2.53. The van der Waals surface area contributed by atoms with Crippen molar-refractivity contribution in [3.05, 3.63) is 16.5 Å². The maximum absolute atomic E-state index is 4.66. The van der Waals surface area contributed by atoms with Gasteiger partial charge in [0.2, 0.25) is 0 Å². The van der Waals surface area contributed by atoms with Gasteiger partial charge in [-0.3, -0.25) is 0 Å². The summed E-state index contributed by atoms with van der Waals surface area (Å²) in [7, 11) is 0. The number of hydrogen-bond donors (Lipinski definition) is 0. The molecular formula is C13H22BrN3. The van der Waals surface area contributed by atoms with E-state index in [0.29, 0.717) is 5.92 Å². The largest absolute Gasteiger partial charge is 0.357 e. The first-order valence-corrected chi connectivity index (χ1v) is 7.17. The van der Waals surface area contributed by atoms with Gasteiger partial charge in [-0.15, -0.1) is 0 Å². The Hall–Kier alpha value is -0.640. The van der Waals surface area contributed by atoms with Gasteiger partial charge in [0.05, 0.1) is 0 Å². The fourth-order valence-electron chi connectivity index (χ4n) is 1.72. The van der Waals surface area contributed by atoms with Crippen LogP contribution in [0.25, 0.3) is 0 Å². The molecule has 0 aromatic carbocycles. The Morgan fingerprint density at radius 3 is 2.24 bits per heavy atom. The molecular weight excluding hydrogens is 278 g/mol. The monoisotopic (exact) mass is 299 g/mol. The van der Waals surface area contributed by atoms with Crippen molar-refractivity contribution in [3.63, 3.8) is 0 Å². The molecule has 0 saturated carbocycles. The number of rotatable bonds is 6. The molecule has 96 valence electrons. The highest BCUT2D eigenvalue weighted by Gasteiger charge is 2.11. The average molecular weight is 300 g/mol. The SMILES string of the molecule is CCCN(CCC)c1cc(Br)nc(C(C)C)n1. The van der Waals surface area contributed by atoms with E-state index >= 15 is 0 Å². The lowest BCUT2D eigenvalue weighted by Gasteiger charge is -2.23. The molecule has 0 atom stereocenters. The topological polar surface area (TPSA) is 29.0 Å². The van der Waals surface area contributed by atoms with Gasteiger partial charge in [0.1, 0.15) is 16.2 Å². The van der Waals surface area contributed by atoms with Gasteiger partial charge in [-0.05, 0) is 28.8 Å². The molecule has 0 unspecified atom stereocenters. The molecule has 0 fully saturated rings. The number of hydrogen-bond acceptors (Lipinski definition) is 3. The quantitative estimate of drug-likeness (QED) is 0.744. The molecule has 0 spiro atoms. The second-order valence-electron chi connectivity index (χ2n) is 4.55. The van der Waals surface area contributed by atoms with Crippen molar-refractivity contribution in [1.29, 1.82) is 0 Å². The van der Waals surface area contributed by atoms with Crippen LogP contribution in [-0.4, -0.2) is 23.1 Å². The molecule has 3 nitrogen and oxygen atoms in total. The van der Waals surface area contributed by atoms with Gasteiger partial charge in [-0.1, -0.05) is 27.7 Å². The van der Waals surface area contributed by atoms with E-state index < -0.39 is 0 Å². The van der Waals surface area contributed by atoms with Crippen LogP contribution in [0.2, 0.25) is 0 Å². The Labute approximate surface area is 113 Å². The summed E-state index contributed by atoms with van der Waals surface area (Å²) in [6, 6.07) is 2.01. The zero-order valence-electron chi connectivity index (χ0n) is 11.2. The lowest BCUT2D eigenvalue weighted by atomic mass is 10.2. The summed E-state index contributed by atoms with van der Waals surface area (Å²) in [5.74, 6) is 2.31. The molecule has 0 radical (unpaired) electrons. The van der Waals surface area contributed by atoms with Crippen LogP contribution >= 0.6 is 15.9 Å². The molecule has 0 aliphatic rings. The van der Waals surface area contributed by atoms with E-state index in [0.717, 1.165) is 42.2 Å². The Morgan fingerprint density at radius 1 is 1.18 bits per heavy atom. The van der Waals surface area contributed by atoms with Crippen molar-refractivity contribution in [1.82, 2.24) is 9.97 Å². The summed E-state index contributed by atoms with van der Waals surface area (Å²) in [6.07, 6.45) is 2.28. The van der Waals surface area contributed by atoms with Gasteiger partial charge < -0.3 is 4.90 Å². The third-order valence-corrected chi connectivity index (χ3v) is 2.93. The second kappa shape index (κ2) is 6.94. The van der Waals surface area contributed by atoms with Crippen molar-refractivity contribution in [2.75, 3.05) is 18.0 Å². The predicted molar refractivity (Wildman–Crippen MR) is 76.6 cm³/mol. The van der Waals surface area contributed by atoms with Crippen LogP contribution in [0.15, 0.2) is 10.7 Å². The maximum Gasteiger partial charge on any atom is 0.134 e. The van der Waals surface area contributed by atoms with Crippen molar-refractivity contribution in [3.8, 4) is 0 Å². The molecule has 0 amide bonds. The molecule has 17 heavy (non-hydrogen) atoms. The zero-order chi connectivity index (χ0) is 12.8. The number of halogens is 1. The van der Waals surface area contributed by atoms with Crippen LogP contribution < -0.4 is 4.90 Å². The van der Waals surface area contributed by atoms with Crippen LogP contribution in [0.1, 0.15) is 52.3 Å². The van der Waals surface area contributed by atoms with Crippen molar-refractivity contribution < 1.29 is 0 Å². The standard InChI is InChI=1S/C13H22BrN3/c1-5-7-17(8-6-2)12-9-11(14)15-13(16-12)10(3)4/h9-10H,5-8H2,1-4H3. The molecule has 0 aliphatic carbocycles. The lowest BCUT2D eigenvalue weighted by Crippen LogP contribution is -2.26. The number of nitrogens with zero attached hydrogens (tertiary/aromatic N) is 3. The van der Waals surface area contributed by atoms with E-state index in [-0.39, 0.29) is 0 Å². The van der Waals surface area contributed by atoms with Gasteiger partial charge in [0.15, 0.2) is 0 Å². The number of aromatic nitrogens is 2. The Kier molecular flexibility index (Phi) is 5.89. The van der Waals surface area contributed by atoms with E-state index in [4.69, 9.17) is 0 Å². The normalized spacial score (nSPS) is 10.9. The molecule has 0 N–H and O–H groups in total. The highest BCUT2D eigenvalue weighted by molar-refractivity contribution is 9.10. The van der Waals surface area contributed by atoms with E-state index in [1.54, 1.807) is 0 Å². The van der Waals surface area contributed by atoms with Crippen molar-refractivity contribution >= 4 is 21.7 Å². The fourth-order valence-corrected chi connectivity index (χ4v) is 2.11. The minimum Gasteiger partial charge on any atom is -0.357 e. The fraction of sp³-hybridized carbons (Fsp3) is 0.692. The molecule has 0 bridgehead atoms. The summed E-state index contributed by atoms with van der Waals surface area (Å²) in [6.45, 7) is 10.7. The van der Waals surface area contributed by atoms with Crippen LogP contribution in [-0.2, 0) is 0 Å². The third kappa shape index (κ3) is 4.26. The van der Waals surface area contributed by atoms with Crippen molar-refractivity contribution in [2.24, 2.45) is 0 Å². The van der Waals surface area contributed by atoms with Crippen LogP contribution in [0.4, 0.5) is 5.82 Å². The summed E-state index contributed by atoms with van der Waals surface area (Å²) in [5.41, 5.74) is 0. The molecule has 1 aromatic heterocycles. The molecule has 0 saturated heterocycles. The highest BCUT2D eigenvalue weighted by atomic mass is 79.9. The van der Waals surface area contributed by atoms with Crippen LogP contribution in [0.3, 0.4) is 0 Å². The molecule has 1 heterocycles. The van der Waals surface area contributed by atoms with E-state index in [9.17, 15) is 0 Å². The minimum absolute atomic E-state index is 0.358. The van der Waals surface area contributed by atoms with Crippen molar-refractivity contribution in [2.45, 2.75) is 46.5 Å². The summed E-state index contributed by atoms with van der Waals surface area (Å²) < 4.78 is 0.878. The smallest absolute Gasteiger partial charge is 0.134 e.